The molecule has 3 heterocycles. The average Bonchev–Trinajstić information content (AvgIpc) is 3.42. The van der Waals surface area contributed by atoms with Crippen LogP contribution in [0.1, 0.15) is 23.3 Å². The molecule has 3 aliphatic heterocycles. The lowest BCUT2D eigenvalue weighted by Crippen LogP contribution is -2.14. The van der Waals surface area contributed by atoms with Gasteiger partial charge in [0, 0.05) is 11.8 Å². The Morgan fingerprint density at radius 2 is 1.37 bits per heavy atom. The molecule has 0 N–H and O–H groups in total. The fourth-order valence-electron chi connectivity index (χ4n) is 4.35. The Bertz CT molecular complexity index is 851. The maximum Gasteiger partial charge on any atom is 0.231 e. The largest absolute Gasteiger partial charge is 0.493 e. The molecule has 2 saturated heterocycles. The van der Waals surface area contributed by atoms with E-state index >= 15 is 0 Å². The van der Waals surface area contributed by atoms with Crippen molar-refractivity contribution in [2.45, 2.75) is 12.2 Å². The minimum Gasteiger partial charge on any atom is -0.493 e. The fraction of sp³-hybridized carbons (Fsp3) is 0.429. The topological polar surface area (TPSA) is 55.4 Å². The molecule has 142 valence electrons. The second-order valence-corrected chi connectivity index (χ2v) is 7.06. The zero-order valence-electron chi connectivity index (χ0n) is 15.3. The van der Waals surface area contributed by atoms with E-state index in [1.807, 2.05) is 30.3 Å². The van der Waals surface area contributed by atoms with Gasteiger partial charge in [0.05, 0.1) is 39.6 Å². The smallest absolute Gasteiger partial charge is 0.231 e. The fourth-order valence-corrected chi connectivity index (χ4v) is 4.35. The van der Waals surface area contributed by atoms with Gasteiger partial charge >= 0.3 is 0 Å². The molecule has 0 radical (unpaired) electrons. The van der Waals surface area contributed by atoms with Crippen molar-refractivity contribution >= 4 is 0 Å². The summed E-state index contributed by atoms with van der Waals surface area (Å²) in [5.41, 5.74) is 2.21. The summed E-state index contributed by atoms with van der Waals surface area (Å²) < 4.78 is 34.1. The monoisotopic (exact) mass is 370 g/mol. The molecule has 0 spiro atoms. The van der Waals surface area contributed by atoms with E-state index in [-0.39, 0.29) is 19.0 Å². The number of rotatable bonds is 4. The first-order chi connectivity index (χ1) is 13.3. The van der Waals surface area contributed by atoms with Crippen molar-refractivity contribution in [2.75, 3.05) is 34.2 Å². The van der Waals surface area contributed by atoms with Gasteiger partial charge in [0.25, 0.3) is 0 Å². The van der Waals surface area contributed by atoms with Crippen LogP contribution in [-0.2, 0) is 9.47 Å². The molecular formula is C21H22O6. The second-order valence-electron chi connectivity index (χ2n) is 7.06. The average molecular weight is 370 g/mol. The van der Waals surface area contributed by atoms with E-state index in [2.05, 4.69) is 6.07 Å². The highest BCUT2D eigenvalue weighted by Gasteiger charge is 2.48. The number of hydrogen-bond donors (Lipinski definition) is 0. The molecule has 2 aromatic carbocycles. The standard InChI is InChI=1S/C21H22O6/c1-22-16-5-3-12(7-18(16)23-2)20-14-9-25-21(15(14)10-24-20)13-4-6-17-19(8-13)27-11-26-17/h3-8,14-15,20-21H,9-11H2,1-2H3/t14?,15?,20-,21+/m0/s1. The summed E-state index contributed by atoms with van der Waals surface area (Å²) in [5, 5.41) is 0. The molecule has 27 heavy (non-hydrogen) atoms. The summed E-state index contributed by atoms with van der Waals surface area (Å²) in [6, 6.07) is 12.0. The molecule has 2 fully saturated rings. The lowest BCUT2D eigenvalue weighted by molar-refractivity contribution is 0.0191. The highest BCUT2D eigenvalue weighted by molar-refractivity contribution is 5.46. The van der Waals surface area contributed by atoms with Gasteiger partial charge in [0.15, 0.2) is 23.0 Å². The van der Waals surface area contributed by atoms with Gasteiger partial charge in [-0.3, -0.25) is 0 Å². The van der Waals surface area contributed by atoms with Crippen LogP contribution in [0.15, 0.2) is 36.4 Å². The summed E-state index contributed by atoms with van der Waals surface area (Å²) in [6.07, 6.45) is 0.00320. The number of benzene rings is 2. The predicted octanol–water partition coefficient (Wildman–Crippen LogP) is 3.51. The first-order valence-electron chi connectivity index (χ1n) is 9.13. The van der Waals surface area contributed by atoms with E-state index < -0.39 is 0 Å². The van der Waals surface area contributed by atoms with Crippen LogP contribution in [-0.4, -0.2) is 34.2 Å². The van der Waals surface area contributed by atoms with E-state index in [9.17, 15) is 0 Å². The van der Waals surface area contributed by atoms with Crippen LogP contribution in [0.3, 0.4) is 0 Å². The lowest BCUT2D eigenvalue weighted by Gasteiger charge is -2.18. The van der Waals surface area contributed by atoms with Gasteiger partial charge < -0.3 is 28.4 Å². The SMILES string of the molecule is COc1ccc([C@@H]2OCC3C2CO[C@@H]3c2ccc3c(c2)OCO3)cc1OC. The quantitative estimate of drug-likeness (QED) is 0.821. The molecule has 6 nitrogen and oxygen atoms in total. The van der Waals surface area contributed by atoms with Gasteiger partial charge in [-0.25, -0.2) is 0 Å². The predicted molar refractivity (Wildman–Crippen MR) is 96.5 cm³/mol. The Morgan fingerprint density at radius 3 is 2.07 bits per heavy atom. The van der Waals surface area contributed by atoms with E-state index in [1.54, 1.807) is 14.2 Å². The third-order valence-corrected chi connectivity index (χ3v) is 5.73. The van der Waals surface area contributed by atoms with Gasteiger partial charge in [-0.1, -0.05) is 12.1 Å². The summed E-state index contributed by atoms with van der Waals surface area (Å²) in [5.74, 6) is 3.63. The Morgan fingerprint density at radius 1 is 0.741 bits per heavy atom. The molecule has 6 heteroatoms. The summed E-state index contributed by atoms with van der Waals surface area (Å²) in [6.45, 7) is 1.62. The van der Waals surface area contributed by atoms with Crippen LogP contribution in [0.2, 0.25) is 0 Å². The third-order valence-electron chi connectivity index (χ3n) is 5.73. The molecule has 0 aromatic heterocycles. The Kier molecular flexibility index (Phi) is 4.10. The molecule has 0 bridgehead atoms. The number of methoxy groups -OCH3 is 2. The highest BCUT2D eigenvalue weighted by atomic mass is 16.7. The van der Waals surface area contributed by atoms with Crippen LogP contribution < -0.4 is 18.9 Å². The van der Waals surface area contributed by atoms with Crippen molar-refractivity contribution in [1.82, 2.24) is 0 Å². The van der Waals surface area contributed by atoms with Gasteiger partial charge in [0.1, 0.15) is 0 Å². The molecule has 0 saturated carbocycles. The summed E-state index contributed by atoms with van der Waals surface area (Å²) in [4.78, 5) is 0. The molecule has 2 aromatic rings. The van der Waals surface area contributed by atoms with E-state index in [1.165, 1.54) is 0 Å². The van der Waals surface area contributed by atoms with Crippen molar-refractivity contribution in [2.24, 2.45) is 11.8 Å². The first kappa shape index (κ1) is 16.7. The molecule has 5 rings (SSSR count). The maximum absolute atomic E-state index is 6.19. The minimum absolute atomic E-state index is 0.00573. The van der Waals surface area contributed by atoms with Crippen LogP contribution in [0.4, 0.5) is 0 Å². The van der Waals surface area contributed by atoms with E-state index in [4.69, 9.17) is 28.4 Å². The maximum atomic E-state index is 6.19. The Labute approximate surface area is 157 Å². The van der Waals surface area contributed by atoms with Crippen molar-refractivity contribution in [3.8, 4) is 23.0 Å². The van der Waals surface area contributed by atoms with Crippen LogP contribution in [0.5, 0.6) is 23.0 Å². The molecule has 3 aliphatic rings. The van der Waals surface area contributed by atoms with Crippen LogP contribution >= 0.6 is 0 Å². The minimum atomic E-state index is -0.00573. The lowest BCUT2D eigenvalue weighted by atomic mass is 9.85. The zero-order valence-corrected chi connectivity index (χ0v) is 15.3. The van der Waals surface area contributed by atoms with E-state index in [0.29, 0.717) is 30.8 Å². The normalized spacial score (nSPS) is 28.2. The molecular weight excluding hydrogens is 348 g/mol. The van der Waals surface area contributed by atoms with Gasteiger partial charge in [0.2, 0.25) is 6.79 Å². The molecule has 4 atom stereocenters. The van der Waals surface area contributed by atoms with E-state index in [0.717, 1.165) is 28.4 Å². The molecule has 0 amide bonds. The summed E-state index contributed by atoms with van der Waals surface area (Å²) >= 11 is 0. The van der Waals surface area contributed by atoms with Crippen molar-refractivity contribution in [3.05, 3.63) is 47.5 Å². The Balaban J connectivity index is 1.39. The van der Waals surface area contributed by atoms with Gasteiger partial charge in [-0.2, -0.15) is 0 Å². The molecule has 0 aliphatic carbocycles. The number of ether oxygens (including phenoxy) is 6. The van der Waals surface area contributed by atoms with Crippen molar-refractivity contribution in [3.63, 3.8) is 0 Å². The van der Waals surface area contributed by atoms with Gasteiger partial charge in [-0.05, 0) is 35.4 Å². The number of fused-ring (bicyclic) bond motifs is 2. The molecule has 2 unspecified atom stereocenters. The Hall–Kier alpha value is -2.44. The van der Waals surface area contributed by atoms with Crippen molar-refractivity contribution < 1.29 is 28.4 Å². The third kappa shape index (κ3) is 2.71. The zero-order chi connectivity index (χ0) is 18.4. The van der Waals surface area contributed by atoms with Gasteiger partial charge in [-0.15, -0.1) is 0 Å². The van der Waals surface area contributed by atoms with Crippen LogP contribution in [0, 0.1) is 11.8 Å². The second kappa shape index (κ2) is 6.62. The van der Waals surface area contributed by atoms with Crippen LogP contribution in [0.25, 0.3) is 0 Å². The van der Waals surface area contributed by atoms with Crippen molar-refractivity contribution in [1.29, 1.82) is 0 Å². The number of hydrogen-bond acceptors (Lipinski definition) is 6. The summed E-state index contributed by atoms with van der Waals surface area (Å²) in [7, 11) is 3.29. The highest BCUT2D eigenvalue weighted by Crippen LogP contribution is 2.51. The first-order valence-corrected chi connectivity index (χ1v) is 9.13.